The Kier molecular flexibility index (Phi) is 7.37. The van der Waals surface area contributed by atoms with Crippen molar-refractivity contribution in [1.29, 1.82) is 0 Å². The first kappa shape index (κ1) is 20.0. The molecule has 2 N–H and O–H groups in total. The van der Waals surface area contributed by atoms with Crippen LogP contribution in [0.4, 0.5) is 4.39 Å². The van der Waals surface area contributed by atoms with Crippen LogP contribution in [0.15, 0.2) is 54.6 Å². The number of amides is 2. The van der Waals surface area contributed by atoms with Crippen molar-refractivity contribution in [2.45, 2.75) is 20.0 Å². The second-order valence-electron chi connectivity index (χ2n) is 5.47. The van der Waals surface area contributed by atoms with Gasteiger partial charge in [0, 0.05) is 11.6 Å². The summed E-state index contributed by atoms with van der Waals surface area (Å²) in [5.74, 6) is -1.11. The fraction of sp³-hybridized carbons (Fsp3) is 0.200. The van der Waals surface area contributed by atoms with Crippen LogP contribution in [-0.2, 0) is 9.59 Å². The zero-order chi connectivity index (χ0) is 19.6. The number of ether oxygens (including phenoxy) is 2. The van der Waals surface area contributed by atoms with Crippen molar-refractivity contribution in [2.24, 2.45) is 0 Å². The Labute approximate surface area is 157 Å². The smallest absolute Gasteiger partial charge is 0.279 e. The van der Waals surface area contributed by atoms with E-state index in [4.69, 9.17) is 9.47 Å². The SMILES string of the molecule is CCOc1ccccc1/C=C/C(=O)NNC(=O)[C@H](C)Oc1ccccc1F. The van der Waals surface area contributed by atoms with E-state index in [2.05, 4.69) is 10.9 Å². The topological polar surface area (TPSA) is 76.7 Å². The molecule has 0 heterocycles. The largest absolute Gasteiger partial charge is 0.493 e. The molecule has 1 atom stereocenters. The summed E-state index contributed by atoms with van der Waals surface area (Å²) >= 11 is 0. The van der Waals surface area contributed by atoms with Gasteiger partial charge in [0.25, 0.3) is 11.8 Å². The molecule has 7 heteroatoms. The molecule has 2 aromatic carbocycles. The Balaban J connectivity index is 1.86. The molecule has 6 nitrogen and oxygen atoms in total. The third kappa shape index (κ3) is 6.14. The summed E-state index contributed by atoms with van der Waals surface area (Å²) in [7, 11) is 0. The van der Waals surface area contributed by atoms with Crippen molar-refractivity contribution in [3.05, 3.63) is 66.0 Å². The van der Waals surface area contributed by atoms with E-state index >= 15 is 0 Å². The van der Waals surface area contributed by atoms with Crippen LogP contribution in [0.3, 0.4) is 0 Å². The number of benzene rings is 2. The summed E-state index contributed by atoms with van der Waals surface area (Å²) in [6.45, 7) is 3.82. The maximum absolute atomic E-state index is 13.5. The molecule has 0 aliphatic carbocycles. The van der Waals surface area contributed by atoms with Gasteiger partial charge in [-0.1, -0.05) is 30.3 Å². The molecule has 142 valence electrons. The van der Waals surface area contributed by atoms with Gasteiger partial charge >= 0.3 is 0 Å². The Morgan fingerprint density at radius 3 is 2.44 bits per heavy atom. The third-order valence-corrected chi connectivity index (χ3v) is 3.45. The van der Waals surface area contributed by atoms with Crippen LogP contribution in [0.25, 0.3) is 6.08 Å². The van der Waals surface area contributed by atoms with Gasteiger partial charge in [-0.25, -0.2) is 4.39 Å². The number of hydrogen-bond donors (Lipinski definition) is 2. The fourth-order valence-corrected chi connectivity index (χ4v) is 2.12. The van der Waals surface area contributed by atoms with Crippen molar-refractivity contribution < 1.29 is 23.5 Å². The zero-order valence-corrected chi connectivity index (χ0v) is 15.1. The van der Waals surface area contributed by atoms with Crippen LogP contribution in [0.2, 0.25) is 0 Å². The van der Waals surface area contributed by atoms with Gasteiger partial charge in [-0.2, -0.15) is 0 Å². The highest BCUT2D eigenvalue weighted by Gasteiger charge is 2.16. The highest BCUT2D eigenvalue weighted by Crippen LogP contribution is 2.19. The van der Waals surface area contributed by atoms with E-state index in [0.717, 1.165) is 5.56 Å². The van der Waals surface area contributed by atoms with Gasteiger partial charge in [0.15, 0.2) is 17.7 Å². The summed E-state index contributed by atoms with van der Waals surface area (Å²) in [5, 5.41) is 0. The van der Waals surface area contributed by atoms with Crippen molar-refractivity contribution in [1.82, 2.24) is 10.9 Å². The predicted octanol–water partition coefficient (Wildman–Crippen LogP) is 2.85. The van der Waals surface area contributed by atoms with E-state index in [1.165, 1.54) is 31.2 Å². The molecule has 2 rings (SSSR count). The summed E-state index contributed by atoms with van der Waals surface area (Å²) in [4.78, 5) is 23.8. The number of hydrogen-bond acceptors (Lipinski definition) is 4. The number of halogens is 1. The molecule has 27 heavy (non-hydrogen) atoms. The highest BCUT2D eigenvalue weighted by atomic mass is 19.1. The van der Waals surface area contributed by atoms with Crippen LogP contribution in [-0.4, -0.2) is 24.5 Å². The van der Waals surface area contributed by atoms with E-state index < -0.39 is 23.7 Å². The molecule has 0 radical (unpaired) electrons. The maximum Gasteiger partial charge on any atom is 0.279 e. The molecule has 0 unspecified atom stereocenters. The van der Waals surface area contributed by atoms with E-state index in [1.54, 1.807) is 24.3 Å². The minimum absolute atomic E-state index is 0.0427. The molecule has 0 aromatic heterocycles. The first-order chi connectivity index (χ1) is 13.0. The molecule has 2 amide bonds. The number of carbonyl (C=O) groups excluding carboxylic acids is 2. The Morgan fingerprint density at radius 1 is 1.07 bits per heavy atom. The standard InChI is InChI=1S/C20H21FN2O4/c1-3-26-17-10-6-4-8-15(17)12-13-19(24)22-23-20(25)14(2)27-18-11-7-5-9-16(18)21/h4-14H,3H2,1-2H3,(H,22,24)(H,23,25)/b13-12+/t14-/m0/s1. The van der Waals surface area contributed by atoms with Crippen LogP contribution >= 0.6 is 0 Å². The number of para-hydroxylation sites is 2. The first-order valence-corrected chi connectivity index (χ1v) is 8.42. The maximum atomic E-state index is 13.5. The lowest BCUT2D eigenvalue weighted by Gasteiger charge is -2.15. The molecule has 0 aliphatic heterocycles. The van der Waals surface area contributed by atoms with Crippen LogP contribution in [0, 0.1) is 5.82 Å². The lowest BCUT2D eigenvalue weighted by molar-refractivity contribution is -0.131. The number of hydrazine groups is 1. The molecule has 0 saturated carbocycles. The molecular weight excluding hydrogens is 351 g/mol. The zero-order valence-electron chi connectivity index (χ0n) is 15.1. The highest BCUT2D eigenvalue weighted by molar-refractivity contribution is 5.93. The lowest BCUT2D eigenvalue weighted by atomic mass is 10.2. The Bertz CT molecular complexity index is 823. The lowest BCUT2D eigenvalue weighted by Crippen LogP contribution is -2.46. The van der Waals surface area contributed by atoms with Gasteiger partial charge < -0.3 is 9.47 Å². The van der Waals surface area contributed by atoms with Gasteiger partial charge in [0.1, 0.15) is 5.75 Å². The average molecular weight is 372 g/mol. The van der Waals surface area contributed by atoms with E-state index in [-0.39, 0.29) is 5.75 Å². The molecular formula is C20H21FN2O4. The molecule has 0 saturated heterocycles. The second-order valence-corrected chi connectivity index (χ2v) is 5.47. The van der Waals surface area contributed by atoms with Crippen molar-refractivity contribution in [3.63, 3.8) is 0 Å². The third-order valence-electron chi connectivity index (χ3n) is 3.45. The summed E-state index contributed by atoms with van der Waals surface area (Å²) in [6.07, 6.45) is 1.84. The summed E-state index contributed by atoms with van der Waals surface area (Å²) in [5.41, 5.74) is 5.21. The van der Waals surface area contributed by atoms with E-state index in [1.807, 2.05) is 19.1 Å². The van der Waals surface area contributed by atoms with E-state index in [9.17, 15) is 14.0 Å². The van der Waals surface area contributed by atoms with E-state index in [0.29, 0.717) is 12.4 Å². The molecule has 0 spiro atoms. The van der Waals surface area contributed by atoms with Gasteiger partial charge in [-0.3, -0.25) is 20.4 Å². The van der Waals surface area contributed by atoms with Crippen LogP contribution in [0.5, 0.6) is 11.5 Å². The van der Waals surface area contributed by atoms with Crippen LogP contribution < -0.4 is 20.3 Å². The summed E-state index contributed by atoms with van der Waals surface area (Å²) < 4.78 is 24.2. The monoisotopic (exact) mass is 372 g/mol. The molecule has 0 fully saturated rings. The molecule has 0 bridgehead atoms. The number of nitrogens with one attached hydrogen (secondary N) is 2. The number of rotatable bonds is 7. The van der Waals surface area contributed by atoms with Gasteiger partial charge in [-0.15, -0.1) is 0 Å². The number of carbonyl (C=O) groups is 2. The second kappa shape index (κ2) is 9.96. The Hall–Kier alpha value is -3.35. The van der Waals surface area contributed by atoms with Crippen molar-refractivity contribution >= 4 is 17.9 Å². The first-order valence-electron chi connectivity index (χ1n) is 8.42. The van der Waals surface area contributed by atoms with Crippen molar-refractivity contribution in [2.75, 3.05) is 6.61 Å². The van der Waals surface area contributed by atoms with Gasteiger partial charge in [0.2, 0.25) is 0 Å². The Morgan fingerprint density at radius 2 is 1.74 bits per heavy atom. The van der Waals surface area contributed by atoms with Gasteiger partial charge in [-0.05, 0) is 38.1 Å². The minimum atomic E-state index is -0.996. The average Bonchev–Trinajstić information content (AvgIpc) is 2.67. The van der Waals surface area contributed by atoms with Crippen LogP contribution in [0.1, 0.15) is 19.4 Å². The minimum Gasteiger partial charge on any atom is -0.493 e. The summed E-state index contributed by atoms with van der Waals surface area (Å²) in [6, 6.07) is 13.0. The molecule has 2 aromatic rings. The normalized spacial score (nSPS) is 11.7. The fourth-order valence-electron chi connectivity index (χ4n) is 2.12. The quantitative estimate of drug-likeness (QED) is 0.579. The van der Waals surface area contributed by atoms with Crippen molar-refractivity contribution in [3.8, 4) is 11.5 Å². The predicted molar refractivity (Wildman–Crippen MR) is 99.4 cm³/mol. The van der Waals surface area contributed by atoms with Gasteiger partial charge in [0.05, 0.1) is 6.61 Å². The molecule has 0 aliphatic rings.